The molecule has 2 bridgehead atoms. The van der Waals surface area contributed by atoms with E-state index < -0.39 is 6.10 Å². The van der Waals surface area contributed by atoms with Crippen LogP contribution in [0.1, 0.15) is 46.8 Å². The van der Waals surface area contributed by atoms with Crippen LogP contribution >= 0.6 is 0 Å². The molecule has 5 aromatic carbocycles. The minimum Gasteiger partial charge on any atom is -0.485 e. The third-order valence-electron chi connectivity index (χ3n) is 11.3. The van der Waals surface area contributed by atoms with Crippen molar-refractivity contribution in [1.82, 2.24) is 4.98 Å². The molecule has 53 heavy (non-hydrogen) atoms. The van der Waals surface area contributed by atoms with Crippen molar-refractivity contribution in [2.24, 2.45) is 11.8 Å². The van der Waals surface area contributed by atoms with E-state index in [9.17, 15) is 5.11 Å². The van der Waals surface area contributed by atoms with Gasteiger partial charge in [-0.25, -0.2) is 0 Å². The number of benzene rings is 5. The first-order chi connectivity index (χ1) is 26.1. The molecule has 1 aromatic heterocycles. The molecule has 1 unspecified atom stereocenters. The van der Waals surface area contributed by atoms with Gasteiger partial charge in [-0.2, -0.15) is 0 Å². The SMILES string of the molecule is C=C[C@H]1C[N+]2(Cc3cc(OCc4ccccc4)c(OCc4ccccc4)c(OCc4ccccc4)c3)CC[C@H]1C[C@H]2[C@H](O)c1ccnc2ccccc12. The number of aliphatic hydroxyl groups is 1. The van der Waals surface area contributed by atoms with Crippen LogP contribution in [0.15, 0.2) is 152 Å². The molecule has 3 aliphatic heterocycles. The number of rotatable bonds is 14. The van der Waals surface area contributed by atoms with Gasteiger partial charge >= 0.3 is 0 Å². The molecule has 4 heterocycles. The molecule has 0 radical (unpaired) electrons. The Balaban J connectivity index is 1.19. The number of aromatic nitrogens is 1. The average molecular weight is 704 g/mol. The topological polar surface area (TPSA) is 60.8 Å². The molecule has 0 aliphatic carbocycles. The van der Waals surface area contributed by atoms with E-state index in [1.807, 2.05) is 85.1 Å². The van der Waals surface area contributed by atoms with E-state index in [0.717, 1.165) is 69.1 Å². The normalized spacial score (nSPS) is 21.2. The van der Waals surface area contributed by atoms with Crippen LogP contribution in [0.5, 0.6) is 17.2 Å². The highest BCUT2D eigenvalue weighted by Crippen LogP contribution is 2.49. The van der Waals surface area contributed by atoms with Crippen LogP contribution in [0.2, 0.25) is 0 Å². The smallest absolute Gasteiger partial charge is 0.203 e. The van der Waals surface area contributed by atoms with Gasteiger partial charge in [0.1, 0.15) is 38.5 Å². The number of fused-ring (bicyclic) bond motifs is 4. The Hall–Kier alpha value is -5.43. The second kappa shape index (κ2) is 15.7. The van der Waals surface area contributed by atoms with Crippen molar-refractivity contribution in [3.8, 4) is 17.2 Å². The first-order valence-corrected chi connectivity index (χ1v) is 18.8. The van der Waals surface area contributed by atoms with Gasteiger partial charge in [-0.1, -0.05) is 115 Å². The number of para-hydroxylation sites is 1. The molecule has 3 saturated heterocycles. The monoisotopic (exact) mass is 703 g/mol. The van der Waals surface area contributed by atoms with Gasteiger partial charge in [-0.15, -0.1) is 6.58 Å². The molecule has 0 saturated carbocycles. The summed E-state index contributed by atoms with van der Waals surface area (Å²) in [6.45, 7) is 8.03. The first kappa shape index (κ1) is 34.6. The summed E-state index contributed by atoms with van der Waals surface area (Å²) in [4.78, 5) is 4.60. The third kappa shape index (κ3) is 7.57. The summed E-state index contributed by atoms with van der Waals surface area (Å²) >= 11 is 0. The number of hydrogen-bond acceptors (Lipinski definition) is 5. The van der Waals surface area contributed by atoms with Crippen LogP contribution in [0.3, 0.4) is 0 Å². The Bertz CT molecular complexity index is 2070. The number of nitrogens with zero attached hydrogens (tertiary/aromatic N) is 2. The lowest BCUT2D eigenvalue weighted by molar-refractivity contribution is -0.984. The molecule has 6 aromatic rings. The Morgan fingerprint density at radius 3 is 1.89 bits per heavy atom. The zero-order valence-electron chi connectivity index (χ0n) is 30.1. The van der Waals surface area contributed by atoms with Crippen molar-refractivity contribution in [2.75, 3.05) is 13.1 Å². The number of ether oxygens (including phenoxy) is 3. The van der Waals surface area contributed by atoms with Gasteiger partial charge in [-0.3, -0.25) is 4.98 Å². The second-order valence-corrected chi connectivity index (χ2v) is 14.6. The summed E-state index contributed by atoms with van der Waals surface area (Å²) in [5, 5.41) is 13.4. The molecule has 6 heteroatoms. The number of quaternary nitrogens is 1. The molecule has 3 aliphatic rings. The van der Waals surface area contributed by atoms with Gasteiger partial charge in [0.05, 0.1) is 18.6 Å². The molecule has 3 fully saturated rings. The van der Waals surface area contributed by atoms with E-state index in [0.29, 0.717) is 55.4 Å². The molecule has 0 amide bonds. The van der Waals surface area contributed by atoms with Gasteiger partial charge in [0.25, 0.3) is 0 Å². The molecular weight excluding hydrogens is 657 g/mol. The summed E-state index contributed by atoms with van der Waals surface area (Å²) < 4.78 is 20.7. The Labute approximate surface area is 312 Å². The molecule has 1 N–H and O–H groups in total. The predicted molar refractivity (Wildman–Crippen MR) is 209 cm³/mol. The fourth-order valence-electron chi connectivity index (χ4n) is 8.61. The fraction of sp³-hybridized carbons (Fsp3) is 0.255. The molecule has 6 nitrogen and oxygen atoms in total. The van der Waals surface area contributed by atoms with Gasteiger partial charge in [-0.05, 0) is 52.4 Å². The highest BCUT2D eigenvalue weighted by Gasteiger charge is 2.54. The number of pyridine rings is 1. The highest BCUT2D eigenvalue weighted by atomic mass is 16.5. The molecule has 5 atom stereocenters. The lowest BCUT2D eigenvalue weighted by Crippen LogP contribution is -2.67. The summed E-state index contributed by atoms with van der Waals surface area (Å²) in [6, 6.07) is 45.0. The first-order valence-electron chi connectivity index (χ1n) is 18.8. The lowest BCUT2D eigenvalue weighted by atomic mass is 9.71. The van der Waals surface area contributed by atoms with Crippen molar-refractivity contribution in [3.05, 3.63) is 180 Å². The van der Waals surface area contributed by atoms with E-state index in [4.69, 9.17) is 14.2 Å². The minimum absolute atomic E-state index is 0.00661. The second-order valence-electron chi connectivity index (χ2n) is 14.6. The van der Waals surface area contributed by atoms with Gasteiger partial charge < -0.3 is 23.8 Å². The molecule has 0 spiro atoms. The van der Waals surface area contributed by atoms with E-state index in [2.05, 4.69) is 72.2 Å². The van der Waals surface area contributed by atoms with E-state index in [1.54, 1.807) is 0 Å². The van der Waals surface area contributed by atoms with E-state index >= 15 is 0 Å². The van der Waals surface area contributed by atoms with Crippen molar-refractivity contribution < 1.29 is 23.8 Å². The van der Waals surface area contributed by atoms with Crippen molar-refractivity contribution in [1.29, 1.82) is 0 Å². The zero-order valence-corrected chi connectivity index (χ0v) is 30.1. The van der Waals surface area contributed by atoms with Gasteiger partial charge in [0, 0.05) is 35.9 Å². The van der Waals surface area contributed by atoms with Gasteiger partial charge in [0.15, 0.2) is 11.5 Å². The largest absolute Gasteiger partial charge is 0.485 e. The van der Waals surface area contributed by atoms with E-state index in [-0.39, 0.29) is 6.04 Å². The zero-order chi connectivity index (χ0) is 36.0. The average Bonchev–Trinajstić information content (AvgIpc) is 3.22. The molecule has 9 rings (SSSR count). The fourth-order valence-corrected chi connectivity index (χ4v) is 8.61. The molecule has 268 valence electrons. The van der Waals surface area contributed by atoms with Crippen molar-refractivity contribution in [3.63, 3.8) is 0 Å². The third-order valence-corrected chi connectivity index (χ3v) is 11.3. The van der Waals surface area contributed by atoms with Crippen LogP contribution in [0.4, 0.5) is 0 Å². The Kier molecular flexibility index (Phi) is 10.2. The molecular formula is C47H47N2O4+. The lowest BCUT2D eigenvalue weighted by Gasteiger charge is -2.58. The highest BCUT2D eigenvalue weighted by molar-refractivity contribution is 5.82. The Morgan fingerprint density at radius 2 is 1.28 bits per heavy atom. The quantitative estimate of drug-likeness (QED) is 0.0905. The van der Waals surface area contributed by atoms with Crippen LogP contribution in [-0.4, -0.2) is 33.7 Å². The maximum absolute atomic E-state index is 12.4. The number of piperidine rings is 3. The maximum Gasteiger partial charge on any atom is 0.203 e. The van der Waals surface area contributed by atoms with E-state index in [1.165, 1.54) is 0 Å². The van der Waals surface area contributed by atoms with Crippen molar-refractivity contribution >= 4 is 10.9 Å². The number of hydrogen-bond donors (Lipinski definition) is 1. The minimum atomic E-state index is -0.646. The van der Waals surface area contributed by atoms with Crippen molar-refractivity contribution in [2.45, 2.75) is 51.4 Å². The van der Waals surface area contributed by atoms with Crippen LogP contribution in [-0.2, 0) is 26.4 Å². The maximum atomic E-state index is 12.4. The predicted octanol–water partition coefficient (Wildman–Crippen LogP) is 9.62. The van der Waals surface area contributed by atoms with Crippen LogP contribution < -0.4 is 14.2 Å². The van der Waals surface area contributed by atoms with Crippen LogP contribution in [0, 0.1) is 11.8 Å². The summed E-state index contributed by atoms with van der Waals surface area (Å²) in [6.07, 6.45) is 5.36. The summed E-state index contributed by atoms with van der Waals surface area (Å²) in [5.74, 6) is 2.77. The van der Waals surface area contributed by atoms with Crippen LogP contribution in [0.25, 0.3) is 10.9 Å². The van der Waals surface area contributed by atoms with Gasteiger partial charge in [0.2, 0.25) is 5.75 Å². The summed E-state index contributed by atoms with van der Waals surface area (Å²) in [7, 11) is 0. The number of aliphatic hydroxyl groups excluding tert-OH is 1. The Morgan fingerprint density at radius 1 is 0.717 bits per heavy atom. The standard InChI is InChI=1S/C47H47N2O4/c1-2-38-30-49(25-23-39(38)28-43(49)46(50)41-22-24-48-42-21-13-12-20-40(41)42)29-37-26-44(51-31-34-14-6-3-7-15-34)47(53-33-36-18-10-5-11-19-36)45(27-37)52-32-35-16-8-4-9-17-35/h2-22,24,26-27,38-39,43,46,50H,1,23,25,28-33H2/q+1/t38-,39-,43-,46+,49?/m0/s1. The summed E-state index contributed by atoms with van der Waals surface area (Å²) in [5.41, 5.74) is 6.14.